The van der Waals surface area contributed by atoms with Crippen LogP contribution in [-0.2, 0) is 6.42 Å². The third-order valence-electron chi connectivity index (χ3n) is 4.60. The summed E-state index contributed by atoms with van der Waals surface area (Å²) in [5.74, 6) is 1.81. The number of hydrogen-bond donors (Lipinski definition) is 0. The summed E-state index contributed by atoms with van der Waals surface area (Å²) in [6, 6.07) is 1.88. The Bertz CT molecular complexity index is 530. The molecule has 2 aliphatic rings. The van der Waals surface area contributed by atoms with Crippen molar-refractivity contribution in [2.45, 2.75) is 52.6 Å². The van der Waals surface area contributed by atoms with Gasteiger partial charge in [-0.15, -0.1) is 0 Å². The topological polar surface area (TPSA) is 32.3 Å². The SMILES string of the molecule is CCc1nc(Cl)cc(N2CCCC(C)(C)C2)n1.CN1CCC(F)C1. The summed E-state index contributed by atoms with van der Waals surface area (Å²) in [6.45, 7) is 10.4. The molecule has 0 aliphatic carbocycles. The van der Waals surface area contributed by atoms with Gasteiger partial charge in [0.05, 0.1) is 0 Å². The third kappa shape index (κ3) is 5.85. The molecule has 1 unspecified atom stereocenters. The van der Waals surface area contributed by atoms with Crippen molar-refractivity contribution in [3.8, 4) is 0 Å². The van der Waals surface area contributed by atoms with Crippen LogP contribution in [0.2, 0.25) is 5.15 Å². The zero-order chi connectivity index (χ0) is 17.7. The fourth-order valence-corrected chi connectivity index (χ4v) is 3.47. The molecule has 24 heavy (non-hydrogen) atoms. The van der Waals surface area contributed by atoms with E-state index < -0.39 is 6.17 Å². The highest BCUT2D eigenvalue weighted by Crippen LogP contribution is 2.31. The minimum absolute atomic E-state index is 0.363. The molecule has 2 saturated heterocycles. The highest BCUT2D eigenvalue weighted by Gasteiger charge is 2.27. The number of piperidine rings is 1. The zero-order valence-corrected chi connectivity index (χ0v) is 16.1. The molecule has 3 rings (SSSR count). The molecule has 1 aromatic heterocycles. The maximum Gasteiger partial charge on any atom is 0.134 e. The number of halogens is 2. The fourth-order valence-electron chi connectivity index (χ4n) is 3.27. The molecule has 0 saturated carbocycles. The summed E-state index contributed by atoms with van der Waals surface area (Å²) < 4.78 is 12.1. The van der Waals surface area contributed by atoms with Gasteiger partial charge in [-0.05, 0) is 31.7 Å². The van der Waals surface area contributed by atoms with Gasteiger partial charge in [0.2, 0.25) is 0 Å². The summed E-state index contributed by atoms with van der Waals surface area (Å²) in [5, 5.41) is 0.551. The van der Waals surface area contributed by atoms with Crippen LogP contribution in [0.3, 0.4) is 0 Å². The highest BCUT2D eigenvalue weighted by atomic mass is 35.5. The normalized spacial score (nSPS) is 23.8. The van der Waals surface area contributed by atoms with E-state index in [9.17, 15) is 4.39 Å². The van der Waals surface area contributed by atoms with Crippen molar-refractivity contribution < 1.29 is 4.39 Å². The smallest absolute Gasteiger partial charge is 0.134 e. The number of hydrogen-bond acceptors (Lipinski definition) is 4. The molecular weight excluding hydrogens is 327 g/mol. The molecule has 0 amide bonds. The van der Waals surface area contributed by atoms with E-state index in [1.165, 1.54) is 12.8 Å². The van der Waals surface area contributed by atoms with Gasteiger partial charge in [-0.2, -0.15) is 0 Å². The Morgan fingerprint density at radius 2 is 2.08 bits per heavy atom. The van der Waals surface area contributed by atoms with Crippen molar-refractivity contribution in [2.24, 2.45) is 5.41 Å². The number of nitrogens with zero attached hydrogens (tertiary/aromatic N) is 4. The molecule has 1 aromatic rings. The lowest BCUT2D eigenvalue weighted by atomic mass is 9.84. The van der Waals surface area contributed by atoms with Gasteiger partial charge in [-0.3, -0.25) is 0 Å². The van der Waals surface area contributed by atoms with Crippen LogP contribution >= 0.6 is 11.6 Å². The van der Waals surface area contributed by atoms with Crippen LogP contribution in [0.5, 0.6) is 0 Å². The van der Waals surface area contributed by atoms with Gasteiger partial charge in [-0.25, -0.2) is 14.4 Å². The van der Waals surface area contributed by atoms with E-state index in [2.05, 4.69) is 35.6 Å². The van der Waals surface area contributed by atoms with E-state index >= 15 is 0 Å². The van der Waals surface area contributed by atoms with E-state index in [1.807, 2.05) is 18.0 Å². The molecule has 0 spiro atoms. The van der Waals surface area contributed by atoms with Crippen molar-refractivity contribution in [3.63, 3.8) is 0 Å². The van der Waals surface area contributed by atoms with Crippen LogP contribution < -0.4 is 4.90 Å². The van der Waals surface area contributed by atoms with Gasteiger partial charge in [0.25, 0.3) is 0 Å². The lowest BCUT2D eigenvalue weighted by molar-refractivity contribution is 0.292. The molecule has 0 bridgehead atoms. The Kier molecular flexibility index (Phi) is 6.81. The predicted molar refractivity (Wildman–Crippen MR) is 98.7 cm³/mol. The minimum Gasteiger partial charge on any atom is -0.356 e. The van der Waals surface area contributed by atoms with Crippen LogP contribution in [0.4, 0.5) is 10.2 Å². The van der Waals surface area contributed by atoms with Crippen molar-refractivity contribution in [1.29, 1.82) is 0 Å². The number of alkyl halides is 1. The largest absolute Gasteiger partial charge is 0.356 e. The molecule has 0 radical (unpaired) electrons. The molecule has 136 valence electrons. The number of rotatable bonds is 2. The Labute approximate surface area is 150 Å². The summed E-state index contributed by atoms with van der Waals surface area (Å²) >= 11 is 6.04. The Balaban J connectivity index is 0.000000249. The third-order valence-corrected chi connectivity index (χ3v) is 4.80. The Morgan fingerprint density at radius 1 is 1.33 bits per heavy atom. The van der Waals surface area contributed by atoms with Crippen molar-refractivity contribution >= 4 is 17.4 Å². The van der Waals surface area contributed by atoms with E-state index in [0.29, 0.717) is 17.1 Å². The van der Waals surface area contributed by atoms with Crippen LogP contribution in [0, 0.1) is 5.41 Å². The first-order valence-corrected chi connectivity index (χ1v) is 9.28. The maximum absolute atomic E-state index is 12.1. The van der Waals surface area contributed by atoms with Crippen molar-refractivity contribution in [3.05, 3.63) is 17.0 Å². The Hall–Kier alpha value is -0.940. The molecule has 0 aromatic carbocycles. The monoisotopic (exact) mass is 356 g/mol. The zero-order valence-electron chi connectivity index (χ0n) is 15.4. The molecular formula is C18H30ClFN4. The first kappa shape index (κ1) is 19.4. The van der Waals surface area contributed by atoms with Gasteiger partial charge in [-0.1, -0.05) is 32.4 Å². The number of aromatic nitrogens is 2. The Morgan fingerprint density at radius 3 is 2.58 bits per heavy atom. The summed E-state index contributed by atoms with van der Waals surface area (Å²) in [6.07, 6.45) is 3.50. The average Bonchev–Trinajstić information content (AvgIpc) is 2.89. The lowest BCUT2D eigenvalue weighted by Crippen LogP contribution is -2.40. The summed E-state index contributed by atoms with van der Waals surface area (Å²) in [7, 11) is 1.94. The summed E-state index contributed by atoms with van der Waals surface area (Å²) in [5.41, 5.74) is 0.363. The second-order valence-corrected chi connectivity index (χ2v) is 8.04. The van der Waals surface area contributed by atoms with Crippen LogP contribution in [0.25, 0.3) is 0 Å². The van der Waals surface area contributed by atoms with Gasteiger partial charge < -0.3 is 9.80 Å². The van der Waals surface area contributed by atoms with Crippen LogP contribution in [0.1, 0.15) is 45.9 Å². The second-order valence-electron chi connectivity index (χ2n) is 7.66. The fraction of sp³-hybridized carbons (Fsp3) is 0.778. The maximum atomic E-state index is 12.1. The number of likely N-dealkylation sites (tertiary alicyclic amines) is 1. The molecule has 0 N–H and O–H groups in total. The number of anilines is 1. The van der Waals surface area contributed by atoms with E-state index in [0.717, 1.165) is 44.1 Å². The van der Waals surface area contributed by atoms with E-state index in [4.69, 9.17) is 11.6 Å². The van der Waals surface area contributed by atoms with Gasteiger partial charge in [0.15, 0.2) is 0 Å². The molecule has 2 fully saturated rings. The molecule has 6 heteroatoms. The van der Waals surface area contributed by atoms with E-state index in [-0.39, 0.29) is 0 Å². The van der Waals surface area contributed by atoms with Crippen LogP contribution in [0.15, 0.2) is 6.07 Å². The lowest BCUT2D eigenvalue weighted by Gasteiger charge is -2.38. The molecule has 1 atom stereocenters. The predicted octanol–water partition coefficient (Wildman–Crippen LogP) is 3.98. The standard InChI is InChI=1S/C13H20ClN3.C5H10FN/c1-4-11-15-10(14)8-12(16-11)17-7-5-6-13(2,3)9-17;1-7-3-2-5(6)4-7/h8H,4-7,9H2,1-3H3;5H,2-4H2,1H3. The van der Waals surface area contributed by atoms with Gasteiger partial charge in [0.1, 0.15) is 23.0 Å². The molecule has 3 heterocycles. The van der Waals surface area contributed by atoms with Crippen molar-refractivity contribution in [1.82, 2.24) is 14.9 Å². The second kappa shape index (κ2) is 8.43. The van der Waals surface area contributed by atoms with E-state index in [1.54, 1.807) is 0 Å². The van der Waals surface area contributed by atoms with Gasteiger partial charge >= 0.3 is 0 Å². The number of aryl methyl sites for hydroxylation is 1. The average molecular weight is 357 g/mol. The first-order chi connectivity index (χ1) is 11.3. The summed E-state index contributed by atoms with van der Waals surface area (Å²) in [4.78, 5) is 13.1. The quantitative estimate of drug-likeness (QED) is 0.750. The van der Waals surface area contributed by atoms with Crippen LogP contribution in [-0.4, -0.2) is 54.3 Å². The highest BCUT2D eigenvalue weighted by molar-refractivity contribution is 6.29. The molecule has 4 nitrogen and oxygen atoms in total. The van der Waals surface area contributed by atoms with Gasteiger partial charge in [0, 0.05) is 38.7 Å². The minimum atomic E-state index is -0.551. The van der Waals surface area contributed by atoms with Crippen molar-refractivity contribution in [2.75, 3.05) is 38.1 Å². The first-order valence-electron chi connectivity index (χ1n) is 8.90. The molecule has 2 aliphatic heterocycles.